The van der Waals surface area contributed by atoms with Crippen molar-refractivity contribution in [2.75, 3.05) is 7.11 Å². The van der Waals surface area contributed by atoms with E-state index in [2.05, 4.69) is 6.92 Å². The zero-order valence-electron chi connectivity index (χ0n) is 9.97. The number of rotatable bonds is 5. The maximum absolute atomic E-state index is 7.00. The van der Waals surface area contributed by atoms with Gasteiger partial charge >= 0.3 is 0 Å². The summed E-state index contributed by atoms with van der Waals surface area (Å²) < 4.78 is 0. The number of unbranched alkanes of at least 4 members (excludes halogenated alkanes) is 3. The van der Waals surface area contributed by atoms with Crippen molar-refractivity contribution in [3.63, 3.8) is 0 Å². The summed E-state index contributed by atoms with van der Waals surface area (Å²) >= 11 is 11.9. The second kappa shape index (κ2) is 9.95. The summed E-state index contributed by atoms with van der Waals surface area (Å²) in [6.45, 7) is 2.22. The number of aryl methyl sites for hydroxylation is 1. The lowest BCUT2D eigenvalue weighted by molar-refractivity contribution is 0.399. The molecule has 0 amide bonds. The van der Waals surface area contributed by atoms with Crippen molar-refractivity contribution >= 4 is 23.2 Å². The molecule has 0 atom stereocenters. The Morgan fingerprint density at radius 2 is 1.75 bits per heavy atom. The van der Waals surface area contributed by atoms with Crippen molar-refractivity contribution in [2.45, 2.75) is 39.0 Å². The van der Waals surface area contributed by atoms with Crippen LogP contribution in [0.2, 0.25) is 10.0 Å². The van der Waals surface area contributed by atoms with Crippen LogP contribution in [0.25, 0.3) is 0 Å². The van der Waals surface area contributed by atoms with Crippen LogP contribution in [0.15, 0.2) is 18.2 Å². The molecule has 0 heterocycles. The summed E-state index contributed by atoms with van der Waals surface area (Å²) in [5.41, 5.74) is 1.21. The van der Waals surface area contributed by atoms with Crippen LogP contribution in [0.4, 0.5) is 0 Å². The highest BCUT2D eigenvalue weighted by Crippen LogP contribution is 2.22. The highest BCUT2D eigenvalue weighted by Gasteiger charge is 2.00. The second-order valence-electron chi connectivity index (χ2n) is 3.55. The lowest BCUT2D eigenvalue weighted by atomic mass is 10.1. The molecule has 0 aliphatic carbocycles. The predicted molar refractivity (Wildman–Crippen MR) is 72.5 cm³/mol. The van der Waals surface area contributed by atoms with Crippen LogP contribution in [0.1, 0.15) is 38.2 Å². The molecule has 0 spiro atoms. The highest BCUT2D eigenvalue weighted by atomic mass is 35.5. The van der Waals surface area contributed by atoms with Crippen LogP contribution in [0.3, 0.4) is 0 Å². The number of hydrogen-bond acceptors (Lipinski definition) is 1. The van der Waals surface area contributed by atoms with Crippen LogP contribution >= 0.6 is 23.2 Å². The summed E-state index contributed by atoms with van der Waals surface area (Å²) in [5, 5.41) is 8.52. The molecule has 1 N–H and O–H groups in total. The van der Waals surface area contributed by atoms with Crippen LogP contribution < -0.4 is 0 Å². The van der Waals surface area contributed by atoms with E-state index in [1.165, 1.54) is 31.2 Å². The van der Waals surface area contributed by atoms with Crippen LogP contribution in [-0.2, 0) is 6.42 Å². The SMILES string of the molecule is CCCCCCc1ccc(Cl)cc1Cl.CO. The molecule has 0 unspecified atom stereocenters. The van der Waals surface area contributed by atoms with Crippen molar-refractivity contribution in [3.05, 3.63) is 33.8 Å². The topological polar surface area (TPSA) is 20.2 Å². The zero-order valence-corrected chi connectivity index (χ0v) is 11.5. The Bertz CT molecular complexity index is 287. The standard InChI is InChI=1S/C12H16Cl2.CH4O/c1-2-3-4-5-6-10-7-8-11(13)9-12(10)14;1-2/h7-9H,2-6H2,1H3;2H,1H3. The summed E-state index contributed by atoms with van der Waals surface area (Å²) in [6.07, 6.45) is 6.15. The third-order valence-electron chi connectivity index (χ3n) is 2.31. The van der Waals surface area contributed by atoms with E-state index in [0.29, 0.717) is 5.02 Å². The second-order valence-corrected chi connectivity index (χ2v) is 4.39. The van der Waals surface area contributed by atoms with Gasteiger partial charge in [-0.1, -0.05) is 55.5 Å². The van der Waals surface area contributed by atoms with E-state index in [1.54, 1.807) is 0 Å². The van der Waals surface area contributed by atoms with Crippen LogP contribution in [0.5, 0.6) is 0 Å². The van der Waals surface area contributed by atoms with Gasteiger partial charge in [-0.3, -0.25) is 0 Å². The minimum absolute atomic E-state index is 0.715. The van der Waals surface area contributed by atoms with Crippen LogP contribution in [-0.4, -0.2) is 12.2 Å². The first-order valence-corrected chi connectivity index (χ1v) is 6.38. The average molecular weight is 263 g/mol. The Morgan fingerprint density at radius 3 is 2.31 bits per heavy atom. The third-order valence-corrected chi connectivity index (χ3v) is 2.90. The molecule has 0 aliphatic heterocycles. The minimum atomic E-state index is 0.715. The molecule has 1 aromatic rings. The van der Waals surface area contributed by atoms with E-state index in [0.717, 1.165) is 18.6 Å². The summed E-state index contributed by atoms with van der Waals surface area (Å²) in [5.74, 6) is 0. The predicted octanol–water partition coefficient (Wildman–Crippen LogP) is 4.72. The van der Waals surface area contributed by atoms with E-state index in [-0.39, 0.29) is 0 Å². The number of benzene rings is 1. The number of aliphatic hydroxyl groups excluding tert-OH is 1. The van der Waals surface area contributed by atoms with Gasteiger partial charge in [0.15, 0.2) is 0 Å². The zero-order chi connectivity index (χ0) is 12.4. The van der Waals surface area contributed by atoms with E-state index in [9.17, 15) is 0 Å². The first kappa shape index (κ1) is 15.8. The fraction of sp³-hybridized carbons (Fsp3) is 0.538. The van der Waals surface area contributed by atoms with Crippen molar-refractivity contribution in [3.8, 4) is 0 Å². The molecule has 0 fully saturated rings. The number of aliphatic hydroxyl groups is 1. The monoisotopic (exact) mass is 262 g/mol. The molecule has 3 heteroatoms. The number of hydrogen-bond donors (Lipinski definition) is 1. The Kier molecular flexibility index (Phi) is 9.80. The van der Waals surface area contributed by atoms with Crippen molar-refractivity contribution in [1.82, 2.24) is 0 Å². The molecule has 0 saturated carbocycles. The number of halogens is 2. The van der Waals surface area contributed by atoms with Gasteiger partial charge < -0.3 is 5.11 Å². The highest BCUT2D eigenvalue weighted by molar-refractivity contribution is 6.35. The first-order chi connectivity index (χ1) is 7.74. The lowest BCUT2D eigenvalue weighted by Crippen LogP contribution is -1.87. The van der Waals surface area contributed by atoms with Crippen molar-refractivity contribution in [2.24, 2.45) is 0 Å². The smallest absolute Gasteiger partial charge is 0.0452 e. The summed E-state index contributed by atoms with van der Waals surface area (Å²) in [6, 6.07) is 5.75. The fourth-order valence-corrected chi connectivity index (χ4v) is 1.97. The van der Waals surface area contributed by atoms with Gasteiger partial charge in [0.25, 0.3) is 0 Å². The Morgan fingerprint density at radius 1 is 1.06 bits per heavy atom. The quantitative estimate of drug-likeness (QED) is 0.762. The molecular formula is C13H20Cl2O. The van der Waals surface area contributed by atoms with Gasteiger partial charge in [0.1, 0.15) is 0 Å². The Labute approximate surface area is 108 Å². The first-order valence-electron chi connectivity index (χ1n) is 5.62. The molecule has 0 radical (unpaired) electrons. The van der Waals surface area contributed by atoms with Gasteiger partial charge in [-0.15, -0.1) is 0 Å². The van der Waals surface area contributed by atoms with Gasteiger partial charge in [0, 0.05) is 17.2 Å². The molecule has 0 bridgehead atoms. The maximum atomic E-state index is 7.00. The van der Waals surface area contributed by atoms with Gasteiger partial charge in [0.2, 0.25) is 0 Å². The third kappa shape index (κ3) is 6.37. The molecular weight excluding hydrogens is 243 g/mol. The molecule has 92 valence electrons. The van der Waals surface area contributed by atoms with Crippen molar-refractivity contribution < 1.29 is 5.11 Å². The molecule has 0 aliphatic rings. The fourth-order valence-electron chi connectivity index (χ4n) is 1.47. The summed E-state index contributed by atoms with van der Waals surface area (Å²) in [7, 11) is 1.00. The van der Waals surface area contributed by atoms with Crippen molar-refractivity contribution in [1.29, 1.82) is 0 Å². The van der Waals surface area contributed by atoms with E-state index < -0.39 is 0 Å². The normalized spacial score (nSPS) is 9.56. The van der Waals surface area contributed by atoms with Gasteiger partial charge in [-0.05, 0) is 30.5 Å². The van der Waals surface area contributed by atoms with Gasteiger partial charge in [-0.25, -0.2) is 0 Å². The maximum Gasteiger partial charge on any atom is 0.0452 e. The molecule has 0 saturated heterocycles. The van der Waals surface area contributed by atoms with E-state index in [4.69, 9.17) is 28.3 Å². The molecule has 1 rings (SSSR count). The van der Waals surface area contributed by atoms with Gasteiger partial charge in [0.05, 0.1) is 0 Å². The lowest BCUT2D eigenvalue weighted by Gasteiger charge is -2.04. The van der Waals surface area contributed by atoms with Crippen LogP contribution in [0, 0.1) is 0 Å². The Balaban J connectivity index is 0.00000106. The Hall–Kier alpha value is -0.240. The minimum Gasteiger partial charge on any atom is -0.400 e. The summed E-state index contributed by atoms with van der Waals surface area (Å²) in [4.78, 5) is 0. The molecule has 16 heavy (non-hydrogen) atoms. The molecule has 0 aromatic heterocycles. The molecule has 1 aromatic carbocycles. The van der Waals surface area contributed by atoms with E-state index in [1.807, 2.05) is 18.2 Å². The average Bonchev–Trinajstić information content (AvgIpc) is 2.29. The largest absolute Gasteiger partial charge is 0.400 e. The molecule has 1 nitrogen and oxygen atoms in total. The van der Waals surface area contributed by atoms with E-state index >= 15 is 0 Å². The van der Waals surface area contributed by atoms with Gasteiger partial charge in [-0.2, -0.15) is 0 Å².